The molecule has 0 fully saturated rings. The summed E-state index contributed by atoms with van der Waals surface area (Å²) < 4.78 is 14.4. The topological polar surface area (TPSA) is 79.9 Å². The molecule has 0 bridgehead atoms. The van der Waals surface area contributed by atoms with Crippen molar-refractivity contribution in [1.29, 1.82) is 0 Å². The number of imidazole rings is 2. The SMILES string of the molecule is [C-]#Cn1ccnc1C.[C-]#Cn1ccnc1C.[Pt].[Pt].[c-]1ccc(Oc2ccccn2)[c-]c1-c1[c-]ccc(Oc2ccccn2)[c-]1. The molecule has 8 nitrogen and oxygen atoms in total. The van der Waals surface area contributed by atoms with Gasteiger partial charge in [0.2, 0.25) is 11.8 Å². The third-order valence-electron chi connectivity index (χ3n) is 5.27. The average Bonchev–Trinajstić information content (AvgIpc) is 3.66. The smallest absolute Gasteiger partial charge is 0.215 e. The Morgan fingerprint density at radius 3 is 1.34 bits per heavy atom. The summed E-state index contributed by atoms with van der Waals surface area (Å²) in [5.41, 5.74) is 1.34. The number of nitrogens with zero attached hydrogens (tertiary/aromatic N) is 6. The molecule has 226 valence electrons. The van der Waals surface area contributed by atoms with Gasteiger partial charge in [0.25, 0.3) is 0 Å². The number of ether oxygens (including phenoxy) is 2. The number of aromatic nitrogens is 6. The quantitative estimate of drug-likeness (QED) is 0.154. The van der Waals surface area contributed by atoms with Gasteiger partial charge in [0.05, 0.1) is 0 Å². The Hall–Kier alpha value is -4.74. The van der Waals surface area contributed by atoms with Crippen molar-refractivity contribution in [2.45, 2.75) is 13.8 Å². The second kappa shape index (κ2) is 18.7. The largest absolute Gasteiger partial charge is 0.669 e. The summed E-state index contributed by atoms with van der Waals surface area (Å²) in [6.45, 7) is 3.64. The van der Waals surface area contributed by atoms with Gasteiger partial charge in [-0.25, -0.2) is 32.0 Å². The van der Waals surface area contributed by atoms with Crippen LogP contribution in [0.25, 0.3) is 11.1 Å². The van der Waals surface area contributed by atoms with Crippen molar-refractivity contribution in [2.75, 3.05) is 0 Å². The summed E-state index contributed by atoms with van der Waals surface area (Å²) in [5, 5.41) is 0. The monoisotopic (exact) mass is 936 g/mol. The van der Waals surface area contributed by atoms with Crippen LogP contribution < -0.4 is 9.47 Å². The van der Waals surface area contributed by atoms with Crippen LogP contribution in [0, 0.1) is 63.0 Å². The van der Waals surface area contributed by atoms with Gasteiger partial charge in [0, 0.05) is 91.4 Å². The summed E-state index contributed by atoms with van der Waals surface area (Å²) >= 11 is 0. The molecular formula is C34H22N6O2Pt2-6. The number of hydrogen-bond acceptors (Lipinski definition) is 6. The molecule has 0 aliphatic heterocycles. The zero-order valence-electron chi connectivity index (χ0n) is 23.4. The van der Waals surface area contributed by atoms with Crippen molar-refractivity contribution in [3.05, 3.63) is 147 Å². The Bertz CT molecular complexity index is 1660. The molecule has 4 aromatic heterocycles. The van der Waals surface area contributed by atoms with Gasteiger partial charge in [-0.2, -0.15) is 12.1 Å². The Morgan fingerprint density at radius 1 is 0.614 bits per heavy atom. The van der Waals surface area contributed by atoms with E-state index >= 15 is 0 Å². The van der Waals surface area contributed by atoms with Crippen LogP contribution in [0.4, 0.5) is 0 Å². The van der Waals surface area contributed by atoms with Crippen molar-refractivity contribution >= 4 is 0 Å². The first-order valence-corrected chi connectivity index (χ1v) is 12.5. The third-order valence-corrected chi connectivity index (χ3v) is 5.27. The molecule has 0 radical (unpaired) electrons. The van der Waals surface area contributed by atoms with Crippen molar-refractivity contribution in [3.8, 4) is 46.5 Å². The summed E-state index contributed by atoms with van der Waals surface area (Å²) in [6.07, 6.45) is 23.3. The first-order valence-electron chi connectivity index (χ1n) is 12.5. The zero-order valence-corrected chi connectivity index (χ0v) is 27.9. The van der Waals surface area contributed by atoms with Crippen LogP contribution in [0.2, 0.25) is 0 Å². The molecule has 10 heteroatoms. The maximum atomic E-state index is 6.67. The summed E-state index contributed by atoms with van der Waals surface area (Å²) in [7, 11) is 0. The number of hydrogen-bond donors (Lipinski definition) is 0. The van der Waals surface area contributed by atoms with E-state index in [2.05, 4.69) is 56.3 Å². The van der Waals surface area contributed by atoms with Gasteiger partial charge in [0.1, 0.15) is 11.6 Å². The van der Waals surface area contributed by atoms with E-state index in [0.29, 0.717) is 34.4 Å². The van der Waals surface area contributed by atoms with E-state index in [1.165, 1.54) is 9.13 Å². The molecule has 0 N–H and O–H groups in total. The summed E-state index contributed by atoms with van der Waals surface area (Å²) in [6, 6.07) is 34.9. The van der Waals surface area contributed by atoms with Crippen LogP contribution in [0.15, 0.2) is 97.8 Å². The van der Waals surface area contributed by atoms with Crippen LogP contribution in [0.3, 0.4) is 0 Å². The van der Waals surface area contributed by atoms with Gasteiger partial charge in [-0.1, -0.05) is 23.6 Å². The van der Waals surface area contributed by atoms with E-state index in [1.807, 2.05) is 38.1 Å². The number of aryl methyl sites for hydroxylation is 2. The minimum atomic E-state index is 0. The molecular weight excluding hydrogens is 915 g/mol. The summed E-state index contributed by atoms with van der Waals surface area (Å²) in [4.78, 5) is 16.0. The van der Waals surface area contributed by atoms with Gasteiger partial charge in [0.15, 0.2) is 0 Å². The van der Waals surface area contributed by atoms with E-state index in [1.54, 1.807) is 73.6 Å². The third kappa shape index (κ3) is 10.8. The molecule has 6 aromatic rings. The molecule has 0 amide bonds. The summed E-state index contributed by atoms with van der Waals surface area (Å²) in [5.74, 6) is 3.66. The van der Waals surface area contributed by atoms with Gasteiger partial charge >= 0.3 is 0 Å². The normalized spacial score (nSPS) is 9.18. The van der Waals surface area contributed by atoms with E-state index in [4.69, 9.17) is 22.3 Å². The van der Waals surface area contributed by atoms with Crippen LogP contribution in [0.1, 0.15) is 11.6 Å². The number of rotatable bonds is 5. The molecule has 0 atom stereocenters. The Balaban J connectivity index is 0.000000308. The minimum Gasteiger partial charge on any atom is -0.669 e. The number of pyridine rings is 2. The second-order valence-corrected chi connectivity index (χ2v) is 8.14. The van der Waals surface area contributed by atoms with Crippen molar-refractivity contribution < 1.29 is 51.6 Å². The predicted octanol–water partition coefficient (Wildman–Crippen LogP) is 6.10. The second-order valence-electron chi connectivity index (χ2n) is 8.14. The molecule has 2 aromatic carbocycles. The average molecular weight is 937 g/mol. The van der Waals surface area contributed by atoms with Crippen molar-refractivity contribution in [3.63, 3.8) is 0 Å². The van der Waals surface area contributed by atoms with E-state index < -0.39 is 0 Å². The first kappa shape index (κ1) is 35.5. The van der Waals surface area contributed by atoms with Crippen LogP contribution in [-0.2, 0) is 42.1 Å². The van der Waals surface area contributed by atoms with Crippen molar-refractivity contribution in [1.82, 2.24) is 29.1 Å². The maximum Gasteiger partial charge on any atom is 0.215 e. The molecule has 0 aliphatic rings. The molecule has 0 unspecified atom stereocenters. The van der Waals surface area contributed by atoms with E-state index in [0.717, 1.165) is 11.6 Å². The van der Waals surface area contributed by atoms with E-state index in [9.17, 15) is 0 Å². The molecule has 44 heavy (non-hydrogen) atoms. The zero-order chi connectivity index (χ0) is 29.6. The molecule has 0 spiro atoms. The first-order chi connectivity index (χ1) is 20.6. The van der Waals surface area contributed by atoms with Gasteiger partial charge in [-0.15, -0.1) is 0 Å². The van der Waals surface area contributed by atoms with E-state index in [-0.39, 0.29) is 42.1 Å². The Kier molecular flexibility index (Phi) is 15.1. The van der Waals surface area contributed by atoms with Crippen LogP contribution in [-0.4, -0.2) is 29.1 Å². The molecule has 6 rings (SSSR count). The predicted molar refractivity (Wildman–Crippen MR) is 155 cm³/mol. The fraction of sp³-hybridized carbons (Fsp3) is 0.0588. The fourth-order valence-electron chi connectivity index (χ4n) is 3.22. The van der Waals surface area contributed by atoms with Crippen LogP contribution >= 0.6 is 0 Å². The minimum absolute atomic E-state index is 0. The van der Waals surface area contributed by atoms with Crippen LogP contribution in [0.5, 0.6) is 23.3 Å². The molecule has 0 saturated heterocycles. The fourth-order valence-corrected chi connectivity index (χ4v) is 3.22. The van der Waals surface area contributed by atoms with Gasteiger partial charge < -0.3 is 66.8 Å². The Labute approximate surface area is 286 Å². The molecule has 0 saturated carbocycles. The molecule has 0 aliphatic carbocycles. The number of benzene rings is 2. The van der Waals surface area contributed by atoms with Gasteiger partial charge in [-0.05, 0) is 26.0 Å². The van der Waals surface area contributed by atoms with Crippen molar-refractivity contribution in [2.24, 2.45) is 0 Å². The van der Waals surface area contributed by atoms with Gasteiger partial charge in [-0.3, -0.25) is 12.1 Å². The standard InChI is InChI=1S/C22H12N2O2.2C6H5N2.2Pt/c1-3-13-23-21(11-1)25-19-9-5-7-17(15-19)18-8-6-10-20(16-18)26-22-12-2-4-14-24-22;2*1-3-8-5-4-7-6(8)2;;/h1-6,9-14H;2*4-5H,2H3;;/q-4;2*-1;;. The Morgan fingerprint density at radius 2 is 1.05 bits per heavy atom. The maximum absolute atomic E-state index is 6.67. The molecule has 4 heterocycles.